The molecule has 3 aromatic heterocycles. The normalized spacial score (nSPS) is 11.9. The molecule has 0 radical (unpaired) electrons. The van der Waals surface area contributed by atoms with Crippen LogP contribution in [0, 0.1) is 0 Å². The number of aromatic nitrogens is 5. The predicted molar refractivity (Wildman–Crippen MR) is 124 cm³/mol. The number of halogens is 1. The Balaban J connectivity index is 1.66. The molecule has 0 fully saturated rings. The fourth-order valence-corrected chi connectivity index (χ4v) is 3.84. The van der Waals surface area contributed by atoms with Gasteiger partial charge >= 0.3 is 0 Å². The number of hydrogen-bond acceptors (Lipinski definition) is 9. The third-order valence-corrected chi connectivity index (χ3v) is 5.59. The van der Waals surface area contributed by atoms with Gasteiger partial charge in [0.05, 0.1) is 25.5 Å². The molecule has 0 aliphatic carbocycles. The largest absolute Gasteiger partial charge is 0.494 e. The zero-order valence-corrected chi connectivity index (χ0v) is 19.2. The Morgan fingerprint density at radius 3 is 2.44 bits per heavy atom. The van der Waals surface area contributed by atoms with Gasteiger partial charge in [0.2, 0.25) is 11.8 Å². The summed E-state index contributed by atoms with van der Waals surface area (Å²) < 4.78 is 21.9. The molecule has 0 bridgehead atoms. The van der Waals surface area contributed by atoms with Gasteiger partial charge in [0.15, 0.2) is 5.76 Å². The van der Waals surface area contributed by atoms with E-state index in [4.69, 9.17) is 25.5 Å². The Hall–Kier alpha value is -3.24. The predicted octanol–water partition coefficient (Wildman–Crippen LogP) is 4.68. The summed E-state index contributed by atoms with van der Waals surface area (Å²) in [5.74, 6) is 3.48. The second-order valence-corrected chi connectivity index (χ2v) is 8.40. The lowest BCUT2D eigenvalue weighted by Crippen LogP contribution is -2.11. The molecule has 1 atom stereocenters. The van der Waals surface area contributed by atoms with Crippen LogP contribution in [0.4, 0.5) is 5.95 Å². The maximum atomic E-state index is 5.87. The highest BCUT2D eigenvalue weighted by atomic mass is 35.5. The minimum atomic E-state index is 0.132. The van der Waals surface area contributed by atoms with Gasteiger partial charge < -0.3 is 13.9 Å². The lowest BCUT2D eigenvalue weighted by molar-refractivity contribution is 0.391. The lowest BCUT2D eigenvalue weighted by Gasteiger charge is -2.17. The number of rotatable bonds is 9. The van der Waals surface area contributed by atoms with Crippen LogP contribution >= 0.6 is 23.5 Å². The lowest BCUT2D eigenvalue weighted by atomic mass is 10.2. The summed E-state index contributed by atoms with van der Waals surface area (Å²) in [5.41, 5.74) is 0.658. The van der Waals surface area contributed by atoms with Crippen LogP contribution < -0.4 is 14.2 Å². The minimum Gasteiger partial charge on any atom is -0.494 e. The standard InChI is InChI=1S/C21H21ClN6O3S/c1-13(10-18-23-11-14(22)12-24-18)32-27-21-26-25-20(17-8-5-9-31-17)28(21)19-15(29-2)6-4-7-16(19)30-3/h4-9,11-13H,10H2,1-3H3,(H,26,27). The highest BCUT2D eigenvalue weighted by molar-refractivity contribution is 8.01. The van der Waals surface area contributed by atoms with Crippen molar-refractivity contribution in [3.63, 3.8) is 0 Å². The van der Waals surface area contributed by atoms with Crippen molar-refractivity contribution in [3.8, 4) is 28.8 Å². The molecule has 0 spiro atoms. The van der Waals surface area contributed by atoms with Gasteiger partial charge in [0, 0.05) is 24.1 Å². The number of anilines is 1. The van der Waals surface area contributed by atoms with Gasteiger partial charge in [0.1, 0.15) is 23.0 Å². The maximum Gasteiger partial charge on any atom is 0.239 e. The third-order valence-electron chi connectivity index (χ3n) is 4.53. The molecule has 11 heteroatoms. The van der Waals surface area contributed by atoms with Crippen molar-refractivity contribution in [1.82, 2.24) is 24.7 Å². The summed E-state index contributed by atoms with van der Waals surface area (Å²) in [5, 5.41) is 9.34. The molecule has 1 unspecified atom stereocenters. The van der Waals surface area contributed by atoms with Gasteiger partial charge in [-0.15, -0.1) is 10.2 Å². The quantitative estimate of drug-likeness (QED) is 0.348. The summed E-state index contributed by atoms with van der Waals surface area (Å²) in [4.78, 5) is 8.52. The fourth-order valence-electron chi connectivity index (χ4n) is 3.08. The first kappa shape index (κ1) is 22.0. The van der Waals surface area contributed by atoms with E-state index in [1.54, 1.807) is 38.9 Å². The number of ether oxygens (including phenoxy) is 2. The van der Waals surface area contributed by atoms with Crippen LogP contribution in [0.25, 0.3) is 17.3 Å². The molecule has 0 aliphatic rings. The second-order valence-electron chi connectivity index (χ2n) is 6.72. The molecular weight excluding hydrogens is 452 g/mol. The van der Waals surface area contributed by atoms with Crippen LogP contribution in [-0.2, 0) is 6.42 Å². The molecule has 0 saturated carbocycles. The molecule has 4 rings (SSSR count). The van der Waals surface area contributed by atoms with Gasteiger partial charge in [0.25, 0.3) is 0 Å². The SMILES string of the molecule is COc1cccc(OC)c1-n1c(NSC(C)Cc2ncc(Cl)cn2)nnc1-c1ccco1. The summed E-state index contributed by atoms with van der Waals surface area (Å²) in [6.45, 7) is 2.06. The Labute approximate surface area is 194 Å². The minimum absolute atomic E-state index is 0.132. The number of methoxy groups -OCH3 is 2. The molecule has 0 amide bonds. The highest BCUT2D eigenvalue weighted by Gasteiger charge is 2.24. The number of benzene rings is 1. The zero-order chi connectivity index (χ0) is 22.5. The van der Waals surface area contributed by atoms with Crippen LogP contribution in [0.15, 0.2) is 53.4 Å². The van der Waals surface area contributed by atoms with Crippen molar-refractivity contribution >= 4 is 29.5 Å². The van der Waals surface area contributed by atoms with Crippen LogP contribution in [0.2, 0.25) is 5.02 Å². The maximum absolute atomic E-state index is 5.87. The van der Waals surface area contributed by atoms with Crippen molar-refractivity contribution in [2.24, 2.45) is 0 Å². The van der Waals surface area contributed by atoms with Gasteiger partial charge in [-0.25, -0.2) is 9.97 Å². The Kier molecular flexibility index (Phi) is 6.81. The van der Waals surface area contributed by atoms with Crippen molar-refractivity contribution in [3.05, 3.63) is 59.8 Å². The van der Waals surface area contributed by atoms with Crippen molar-refractivity contribution < 1.29 is 13.9 Å². The van der Waals surface area contributed by atoms with E-state index >= 15 is 0 Å². The topological polar surface area (TPSA) is 100 Å². The number of nitrogens with one attached hydrogen (secondary N) is 1. The monoisotopic (exact) mass is 472 g/mol. The van der Waals surface area contributed by atoms with Crippen LogP contribution in [0.3, 0.4) is 0 Å². The smallest absolute Gasteiger partial charge is 0.239 e. The molecule has 3 heterocycles. The number of nitrogens with zero attached hydrogens (tertiary/aromatic N) is 5. The van der Waals surface area contributed by atoms with Crippen molar-refractivity contribution in [1.29, 1.82) is 0 Å². The molecule has 32 heavy (non-hydrogen) atoms. The highest BCUT2D eigenvalue weighted by Crippen LogP contribution is 2.38. The van der Waals surface area contributed by atoms with E-state index in [9.17, 15) is 0 Å². The van der Waals surface area contributed by atoms with E-state index in [2.05, 4.69) is 31.8 Å². The van der Waals surface area contributed by atoms with Crippen LogP contribution in [-0.4, -0.2) is 44.2 Å². The molecule has 9 nitrogen and oxygen atoms in total. The van der Waals surface area contributed by atoms with E-state index in [1.165, 1.54) is 11.9 Å². The Morgan fingerprint density at radius 1 is 1.09 bits per heavy atom. The second kappa shape index (κ2) is 9.92. The van der Waals surface area contributed by atoms with E-state index < -0.39 is 0 Å². The summed E-state index contributed by atoms with van der Waals surface area (Å²) in [7, 11) is 3.20. The van der Waals surface area contributed by atoms with Crippen LogP contribution in [0.1, 0.15) is 12.7 Å². The molecule has 4 aromatic rings. The van der Waals surface area contributed by atoms with E-state index in [0.717, 1.165) is 0 Å². The average molecular weight is 473 g/mol. The van der Waals surface area contributed by atoms with Crippen molar-refractivity contribution in [2.45, 2.75) is 18.6 Å². The first-order valence-corrected chi connectivity index (χ1v) is 10.9. The number of furan rings is 1. The Bertz CT molecular complexity index is 1140. The molecule has 0 saturated heterocycles. The first-order chi connectivity index (χ1) is 15.6. The zero-order valence-electron chi connectivity index (χ0n) is 17.7. The van der Waals surface area contributed by atoms with Gasteiger partial charge in [-0.2, -0.15) is 0 Å². The summed E-state index contributed by atoms with van der Waals surface area (Å²) in [6, 6.07) is 9.17. The molecule has 166 valence electrons. The first-order valence-electron chi connectivity index (χ1n) is 9.69. The van der Waals surface area contributed by atoms with Gasteiger partial charge in [-0.3, -0.25) is 9.29 Å². The molecule has 1 aromatic carbocycles. The number of para-hydroxylation sites is 1. The Morgan fingerprint density at radius 2 is 1.81 bits per heavy atom. The fraction of sp³-hybridized carbons (Fsp3) is 0.238. The number of hydrogen-bond donors (Lipinski definition) is 1. The summed E-state index contributed by atoms with van der Waals surface area (Å²) in [6.07, 6.45) is 5.42. The summed E-state index contributed by atoms with van der Waals surface area (Å²) >= 11 is 7.35. The van der Waals surface area contributed by atoms with E-state index in [-0.39, 0.29) is 5.25 Å². The molecular formula is C21H21ClN6O3S. The third kappa shape index (κ3) is 4.66. The van der Waals surface area contributed by atoms with E-state index in [0.29, 0.717) is 52.0 Å². The molecule has 0 aliphatic heterocycles. The van der Waals surface area contributed by atoms with Gasteiger partial charge in [-0.1, -0.05) is 24.6 Å². The van der Waals surface area contributed by atoms with Crippen LogP contribution in [0.5, 0.6) is 11.5 Å². The van der Waals surface area contributed by atoms with E-state index in [1.807, 2.05) is 28.8 Å². The van der Waals surface area contributed by atoms with Crippen molar-refractivity contribution in [2.75, 3.05) is 18.9 Å². The molecule has 1 N–H and O–H groups in total. The van der Waals surface area contributed by atoms with Gasteiger partial charge in [-0.05, 0) is 36.2 Å². The average Bonchev–Trinajstić information content (AvgIpc) is 3.48.